The van der Waals surface area contributed by atoms with E-state index >= 15 is 0 Å². The lowest BCUT2D eigenvalue weighted by atomic mass is 10.1. The van der Waals surface area contributed by atoms with Crippen LogP contribution in [0.5, 0.6) is 0 Å². The van der Waals surface area contributed by atoms with E-state index < -0.39 is 10.0 Å². The molecule has 3 rings (SSSR count). The van der Waals surface area contributed by atoms with Crippen molar-refractivity contribution in [2.45, 2.75) is 18.2 Å². The minimum absolute atomic E-state index is 0.195. The van der Waals surface area contributed by atoms with Crippen LogP contribution in [0.2, 0.25) is 0 Å². The third kappa shape index (κ3) is 2.82. The van der Waals surface area contributed by atoms with Crippen LogP contribution in [0, 0.1) is 0 Å². The fourth-order valence-electron chi connectivity index (χ4n) is 2.72. The second-order valence-corrected chi connectivity index (χ2v) is 7.21. The molecule has 0 aromatic heterocycles. The fraction of sp³-hybridized carbons (Fsp3) is 0.235. The molecule has 0 atom stereocenters. The average Bonchev–Trinajstić information content (AvgIpc) is 2.99. The van der Waals surface area contributed by atoms with Crippen LogP contribution in [-0.2, 0) is 16.4 Å². The second-order valence-electron chi connectivity index (χ2n) is 5.34. The molecule has 0 aliphatic carbocycles. The third-order valence-corrected chi connectivity index (χ3v) is 5.70. The maximum absolute atomic E-state index is 12.8. The first-order chi connectivity index (χ1) is 11.0. The molecule has 1 N–H and O–H groups in total. The van der Waals surface area contributed by atoms with Gasteiger partial charge in [0.05, 0.1) is 10.6 Å². The van der Waals surface area contributed by atoms with Crippen molar-refractivity contribution in [3.05, 3.63) is 59.7 Å². The number of anilines is 1. The van der Waals surface area contributed by atoms with Gasteiger partial charge in [0.1, 0.15) is 0 Å². The Bertz CT molecular complexity index is 832. The Morgan fingerprint density at radius 3 is 2.61 bits per heavy atom. The number of fused-ring (bicyclic) bond motifs is 1. The molecule has 0 radical (unpaired) electrons. The molecule has 1 amide bonds. The molecule has 2 aromatic carbocycles. The van der Waals surface area contributed by atoms with Crippen molar-refractivity contribution in [2.75, 3.05) is 17.4 Å². The molecule has 23 heavy (non-hydrogen) atoms. The van der Waals surface area contributed by atoms with Gasteiger partial charge in [-0.2, -0.15) is 0 Å². The molecule has 5 nitrogen and oxygen atoms in total. The number of hydrogen-bond donors (Lipinski definition) is 1. The van der Waals surface area contributed by atoms with Crippen molar-refractivity contribution in [2.24, 2.45) is 0 Å². The van der Waals surface area contributed by atoms with E-state index in [2.05, 4.69) is 5.32 Å². The van der Waals surface area contributed by atoms with Crippen molar-refractivity contribution in [3.8, 4) is 0 Å². The standard InChI is InChI=1S/C17H18N2O3S/c1-2-18-17(20)14-9-8-13-10-11-19(16(13)12-14)23(21,22)15-6-4-3-5-7-15/h3-9,12H,2,10-11H2,1H3,(H,18,20). The van der Waals surface area contributed by atoms with Gasteiger partial charge in [0, 0.05) is 18.7 Å². The highest BCUT2D eigenvalue weighted by Crippen LogP contribution is 2.33. The van der Waals surface area contributed by atoms with Crippen molar-refractivity contribution in [1.82, 2.24) is 5.32 Å². The predicted molar refractivity (Wildman–Crippen MR) is 89.1 cm³/mol. The number of rotatable bonds is 4. The van der Waals surface area contributed by atoms with Crippen LogP contribution in [0.4, 0.5) is 5.69 Å². The second kappa shape index (κ2) is 6.04. The molecule has 1 aliphatic heterocycles. The molecule has 2 aromatic rings. The van der Waals surface area contributed by atoms with Crippen LogP contribution in [0.15, 0.2) is 53.4 Å². The number of carbonyl (C=O) groups is 1. The first-order valence-electron chi connectivity index (χ1n) is 7.53. The van der Waals surface area contributed by atoms with Crippen LogP contribution < -0.4 is 9.62 Å². The molecule has 0 unspecified atom stereocenters. The van der Waals surface area contributed by atoms with Gasteiger partial charge in [0.15, 0.2) is 0 Å². The smallest absolute Gasteiger partial charge is 0.264 e. The van der Waals surface area contributed by atoms with Crippen molar-refractivity contribution >= 4 is 21.6 Å². The predicted octanol–water partition coefficient (Wildman–Crippen LogP) is 2.19. The molecule has 1 heterocycles. The SMILES string of the molecule is CCNC(=O)c1ccc2c(c1)N(S(=O)(=O)c1ccccc1)CC2. The van der Waals surface area contributed by atoms with Crippen LogP contribution in [0.3, 0.4) is 0 Å². The van der Waals surface area contributed by atoms with Gasteiger partial charge >= 0.3 is 0 Å². The lowest BCUT2D eigenvalue weighted by molar-refractivity contribution is 0.0956. The maximum atomic E-state index is 12.8. The topological polar surface area (TPSA) is 66.5 Å². The summed E-state index contributed by atoms with van der Waals surface area (Å²) in [6, 6.07) is 13.6. The maximum Gasteiger partial charge on any atom is 0.264 e. The highest BCUT2D eigenvalue weighted by molar-refractivity contribution is 7.92. The Morgan fingerprint density at radius 2 is 1.91 bits per heavy atom. The van der Waals surface area contributed by atoms with E-state index in [1.165, 1.54) is 4.31 Å². The van der Waals surface area contributed by atoms with Crippen LogP contribution >= 0.6 is 0 Å². The molecule has 0 spiro atoms. The molecule has 0 bridgehead atoms. The Morgan fingerprint density at radius 1 is 1.17 bits per heavy atom. The van der Waals surface area contributed by atoms with E-state index in [4.69, 9.17) is 0 Å². The number of hydrogen-bond acceptors (Lipinski definition) is 3. The lowest BCUT2D eigenvalue weighted by Gasteiger charge is -2.20. The number of amides is 1. The number of nitrogens with zero attached hydrogens (tertiary/aromatic N) is 1. The van der Waals surface area contributed by atoms with Crippen molar-refractivity contribution < 1.29 is 13.2 Å². The Balaban J connectivity index is 2.01. The number of carbonyl (C=O) groups excluding carboxylic acids is 1. The van der Waals surface area contributed by atoms with Gasteiger partial charge in [-0.05, 0) is 43.2 Å². The van der Waals surface area contributed by atoms with E-state index in [1.807, 2.05) is 13.0 Å². The first kappa shape index (κ1) is 15.6. The number of nitrogens with one attached hydrogen (secondary N) is 1. The van der Waals surface area contributed by atoms with Gasteiger partial charge in [0.25, 0.3) is 15.9 Å². The van der Waals surface area contributed by atoms with Gasteiger partial charge < -0.3 is 5.32 Å². The minimum atomic E-state index is -3.61. The number of sulfonamides is 1. The lowest BCUT2D eigenvalue weighted by Crippen LogP contribution is -2.29. The summed E-state index contributed by atoms with van der Waals surface area (Å²) in [5, 5.41) is 2.73. The first-order valence-corrected chi connectivity index (χ1v) is 8.97. The Labute approximate surface area is 136 Å². The summed E-state index contributed by atoms with van der Waals surface area (Å²) in [6.45, 7) is 2.77. The van der Waals surface area contributed by atoms with Crippen molar-refractivity contribution in [3.63, 3.8) is 0 Å². The Hall–Kier alpha value is -2.34. The zero-order valence-electron chi connectivity index (χ0n) is 12.8. The molecule has 0 fully saturated rings. The number of benzene rings is 2. The zero-order valence-corrected chi connectivity index (χ0v) is 13.6. The molecule has 1 aliphatic rings. The summed E-state index contributed by atoms with van der Waals surface area (Å²) in [7, 11) is -3.61. The van der Waals surface area contributed by atoms with Gasteiger partial charge in [-0.3, -0.25) is 9.10 Å². The molecule has 120 valence electrons. The van der Waals surface area contributed by atoms with Crippen LogP contribution in [0.25, 0.3) is 0 Å². The molecule has 0 saturated heterocycles. The van der Waals surface area contributed by atoms with E-state index in [1.54, 1.807) is 42.5 Å². The molecule has 6 heteroatoms. The largest absolute Gasteiger partial charge is 0.352 e. The minimum Gasteiger partial charge on any atom is -0.352 e. The van der Waals surface area contributed by atoms with E-state index in [9.17, 15) is 13.2 Å². The average molecular weight is 330 g/mol. The van der Waals surface area contributed by atoms with E-state index in [-0.39, 0.29) is 10.8 Å². The van der Waals surface area contributed by atoms with Gasteiger partial charge in [0.2, 0.25) is 0 Å². The van der Waals surface area contributed by atoms with Crippen LogP contribution in [-0.4, -0.2) is 27.4 Å². The Kier molecular flexibility index (Phi) is 4.09. The third-order valence-electron chi connectivity index (χ3n) is 3.87. The monoisotopic (exact) mass is 330 g/mol. The summed E-state index contributed by atoms with van der Waals surface area (Å²) in [6.07, 6.45) is 0.650. The molecular weight excluding hydrogens is 312 g/mol. The quantitative estimate of drug-likeness (QED) is 0.934. The molecule has 0 saturated carbocycles. The van der Waals surface area contributed by atoms with E-state index in [0.29, 0.717) is 30.8 Å². The van der Waals surface area contributed by atoms with Gasteiger partial charge in [-0.15, -0.1) is 0 Å². The fourth-order valence-corrected chi connectivity index (χ4v) is 4.24. The highest BCUT2D eigenvalue weighted by atomic mass is 32.2. The summed E-state index contributed by atoms with van der Waals surface area (Å²) in [5.41, 5.74) is 2.01. The summed E-state index contributed by atoms with van der Waals surface area (Å²) in [5.74, 6) is -0.195. The normalized spacial score (nSPS) is 13.7. The zero-order chi connectivity index (χ0) is 16.4. The van der Waals surface area contributed by atoms with Gasteiger partial charge in [-0.1, -0.05) is 24.3 Å². The summed E-state index contributed by atoms with van der Waals surface area (Å²) >= 11 is 0. The summed E-state index contributed by atoms with van der Waals surface area (Å²) in [4.78, 5) is 12.3. The molecular formula is C17H18N2O3S. The van der Waals surface area contributed by atoms with Crippen LogP contribution in [0.1, 0.15) is 22.8 Å². The highest BCUT2D eigenvalue weighted by Gasteiger charge is 2.31. The van der Waals surface area contributed by atoms with E-state index in [0.717, 1.165) is 5.56 Å². The van der Waals surface area contributed by atoms with Crippen molar-refractivity contribution in [1.29, 1.82) is 0 Å². The summed E-state index contributed by atoms with van der Waals surface area (Å²) < 4.78 is 27.0. The van der Waals surface area contributed by atoms with Gasteiger partial charge in [-0.25, -0.2) is 8.42 Å².